The molecular formula is C11H7BrF2O2. The lowest BCUT2D eigenvalue weighted by Gasteiger charge is -2.09. The van der Waals surface area contributed by atoms with Gasteiger partial charge in [0.05, 0.1) is 0 Å². The van der Waals surface area contributed by atoms with Gasteiger partial charge in [0, 0.05) is 9.86 Å². The van der Waals surface area contributed by atoms with Crippen LogP contribution in [0.5, 0.6) is 11.5 Å². The van der Waals surface area contributed by atoms with Gasteiger partial charge in [-0.05, 0) is 39.5 Å². The predicted octanol–water partition coefficient (Wildman–Crippen LogP) is 3.75. The van der Waals surface area contributed by atoms with E-state index in [9.17, 15) is 13.9 Å². The largest absolute Gasteiger partial charge is 0.508 e. The highest BCUT2D eigenvalue weighted by Crippen LogP contribution is 2.37. The lowest BCUT2D eigenvalue weighted by Crippen LogP contribution is -1.95. The highest BCUT2D eigenvalue weighted by atomic mass is 79.9. The minimum atomic E-state index is -3.49. The number of hydrogen-bond donors (Lipinski definition) is 1. The van der Waals surface area contributed by atoms with Crippen molar-refractivity contribution in [3.63, 3.8) is 0 Å². The lowest BCUT2D eigenvalue weighted by molar-refractivity contribution is 0.187. The quantitative estimate of drug-likeness (QED) is 0.913. The van der Waals surface area contributed by atoms with Crippen molar-refractivity contribution in [2.24, 2.45) is 0 Å². The summed E-state index contributed by atoms with van der Waals surface area (Å²) >= 11 is 3.09. The molecule has 2 rings (SSSR count). The Hall–Kier alpha value is -1.36. The molecule has 84 valence electrons. The van der Waals surface area contributed by atoms with Gasteiger partial charge in [-0.2, -0.15) is 0 Å². The second kappa shape index (κ2) is 4.25. The van der Waals surface area contributed by atoms with Gasteiger partial charge >= 0.3 is 0 Å². The molecule has 0 heterocycles. The Bertz CT molecular complexity index is 614. The number of aromatic hydroxyl groups is 1. The van der Waals surface area contributed by atoms with Gasteiger partial charge < -0.3 is 9.84 Å². The maximum atomic E-state index is 13.6. The molecule has 0 aromatic heterocycles. The van der Waals surface area contributed by atoms with E-state index in [2.05, 4.69) is 20.7 Å². The minimum absolute atomic E-state index is 0.0600. The van der Waals surface area contributed by atoms with Gasteiger partial charge in [-0.25, -0.2) is 8.78 Å². The van der Waals surface area contributed by atoms with Crippen LogP contribution in [0, 0.1) is 5.82 Å². The van der Waals surface area contributed by atoms with Gasteiger partial charge in [0.25, 0.3) is 0 Å². The van der Waals surface area contributed by atoms with Crippen LogP contribution in [0.15, 0.2) is 28.7 Å². The molecule has 0 saturated carbocycles. The fourth-order valence-electron chi connectivity index (χ4n) is 1.48. The number of phenolic OH excluding ortho intramolecular Hbond substituents is 1. The zero-order chi connectivity index (χ0) is 13.5. The molecule has 0 saturated heterocycles. The van der Waals surface area contributed by atoms with Crippen LogP contribution in [0.4, 0.5) is 8.78 Å². The van der Waals surface area contributed by atoms with Crippen molar-refractivity contribution < 1.29 is 21.4 Å². The van der Waals surface area contributed by atoms with Gasteiger partial charge in [-0.1, -0.05) is 6.07 Å². The number of phenols is 1. The molecule has 5 heteroatoms. The van der Waals surface area contributed by atoms with Crippen molar-refractivity contribution in [2.75, 3.05) is 6.81 Å². The summed E-state index contributed by atoms with van der Waals surface area (Å²) in [5.74, 6) is -1.50. The third-order valence-electron chi connectivity index (χ3n) is 2.10. The molecule has 0 radical (unpaired) electrons. The van der Waals surface area contributed by atoms with E-state index in [1.165, 1.54) is 18.2 Å². The first-order valence-electron chi connectivity index (χ1n) is 5.26. The van der Waals surface area contributed by atoms with Crippen molar-refractivity contribution in [2.45, 2.75) is 0 Å². The summed E-state index contributed by atoms with van der Waals surface area (Å²) in [6.45, 7) is -3.49. The van der Waals surface area contributed by atoms with Crippen molar-refractivity contribution in [1.82, 2.24) is 0 Å². The van der Waals surface area contributed by atoms with Crippen LogP contribution in [0.2, 0.25) is 0 Å². The van der Waals surface area contributed by atoms with E-state index in [1.54, 1.807) is 0 Å². The number of benzene rings is 2. The van der Waals surface area contributed by atoms with Crippen molar-refractivity contribution in [3.05, 3.63) is 34.6 Å². The fourth-order valence-corrected chi connectivity index (χ4v) is 2.12. The van der Waals surface area contributed by atoms with E-state index >= 15 is 0 Å². The molecule has 2 nitrogen and oxygen atoms in total. The summed E-state index contributed by atoms with van der Waals surface area (Å²) in [7, 11) is 0. The van der Waals surface area contributed by atoms with Crippen molar-refractivity contribution >= 4 is 26.7 Å². The monoisotopic (exact) mass is 290 g/mol. The third kappa shape index (κ3) is 1.82. The molecule has 0 fully saturated rings. The molecule has 0 atom stereocenters. The van der Waals surface area contributed by atoms with E-state index in [0.717, 1.165) is 6.07 Å². The van der Waals surface area contributed by atoms with E-state index in [0.29, 0.717) is 5.39 Å². The Morgan fingerprint density at radius 1 is 1.44 bits per heavy atom. The molecule has 0 bridgehead atoms. The third-order valence-corrected chi connectivity index (χ3v) is 2.72. The molecule has 1 N–H and O–H groups in total. The average molecular weight is 291 g/mol. The van der Waals surface area contributed by atoms with E-state index in [4.69, 9.17) is 2.74 Å². The Morgan fingerprint density at radius 3 is 2.88 bits per heavy atom. The summed E-state index contributed by atoms with van der Waals surface area (Å²) in [6, 6.07) is 4.99. The molecule has 0 amide bonds. The molecule has 16 heavy (non-hydrogen) atoms. The highest BCUT2D eigenvalue weighted by molar-refractivity contribution is 9.10. The van der Waals surface area contributed by atoms with Gasteiger partial charge in [0.15, 0.2) is 11.6 Å². The van der Waals surface area contributed by atoms with Crippen LogP contribution in [-0.2, 0) is 0 Å². The zero-order valence-electron chi connectivity index (χ0n) is 9.80. The van der Waals surface area contributed by atoms with Crippen LogP contribution < -0.4 is 4.74 Å². The number of fused-ring (bicyclic) bond motifs is 1. The van der Waals surface area contributed by atoms with Crippen LogP contribution in [0.1, 0.15) is 2.74 Å². The SMILES string of the molecule is [2H]C([2H])(F)Oc1c(F)ccc2cc(O)cc(Br)c12. The second-order valence-corrected chi connectivity index (χ2v) is 3.94. The van der Waals surface area contributed by atoms with Gasteiger partial charge in [-0.3, -0.25) is 0 Å². The first kappa shape index (κ1) is 8.75. The first-order valence-corrected chi connectivity index (χ1v) is 5.06. The second-order valence-electron chi connectivity index (χ2n) is 3.08. The molecule has 0 aliphatic heterocycles. The standard InChI is InChI=1S/C11H7BrF2O2/c12-8-4-7(15)3-6-1-2-9(14)11(10(6)8)16-5-13/h1-4,15H,5H2/i5D2. The summed E-state index contributed by atoms with van der Waals surface area (Å²) in [4.78, 5) is 0. The van der Waals surface area contributed by atoms with Crippen LogP contribution in [0.25, 0.3) is 10.8 Å². The molecule has 2 aromatic carbocycles. The molecule has 2 aromatic rings. The highest BCUT2D eigenvalue weighted by Gasteiger charge is 2.12. The Morgan fingerprint density at radius 2 is 2.19 bits per heavy atom. The predicted molar refractivity (Wildman–Crippen MR) is 59.9 cm³/mol. The summed E-state index contributed by atoms with van der Waals surface area (Å²) in [5.41, 5.74) is 0. The number of rotatable bonds is 2. The Balaban J connectivity index is 2.74. The summed E-state index contributed by atoms with van der Waals surface area (Å²) in [5, 5.41) is 9.93. The smallest absolute Gasteiger partial charge is 0.228 e. The molecule has 0 aliphatic carbocycles. The van der Waals surface area contributed by atoms with E-state index in [-0.39, 0.29) is 15.6 Å². The van der Waals surface area contributed by atoms with E-state index < -0.39 is 18.4 Å². The molecule has 0 spiro atoms. The fraction of sp³-hybridized carbons (Fsp3) is 0.0909. The van der Waals surface area contributed by atoms with Crippen LogP contribution in [-0.4, -0.2) is 11.9 Å². The Kier molecular flexibility index (Phi) is 2.33. The Labute approximate surface area is 101 Å². The zero-order valence-corrected chi connectivity index (χ0v) is 9.38. The van der Waals surface area contributed by atoms with Gasteiger partial charge in [0.2, 0.25) is 6.81 Å². The van der Waals surface area contributed by atoms with E-state index in [1.807, 2.05) is 0 Å². The maximum absolute atomic E-state index is 13.6. The van der Waals surface area contributed by atoms with Crippen molar-refractivity contribution in [1.29, 1.82) is 0 Å². The average Bonchev–Trinajstić information content (AvgIpc) is 2.20. The number of halogens is 3. The molecular weight excluding hydrogens is 282 g/mol. The molecule has 0 unspecified atom stereocenters. The van der Waals surface area contributed by atoms with Crippen LogP contribution in [0.3, 0.4) is 0 Å². The normalized spacial score (nSPS) is 13.4. The molecule has 0 aliphatic rings. The van der Waals surface area contributed by atoms with Gasteiger partial charge in [-0.15, -0.1) is 0 Å². The summed E-state index contributed by atoms with van der Waals surface area (Å²) < 4.78 is 44.5. The number of alkyl halides is 1. The van der Waals surface area contributed by atoms with Gasteiger partial charge in [0.1, 0.15) is 8.49 Å². The maximum Gasteiger partial charge on any atom is 0.228 e. The topological polar surface area (TPSA) is 29.5 Å². The number of ether oxygens (including phenoxy) is 1. The summed E-state index contributed by atoms with van der Waals surface area (Å²) in [6.07, 6.45) is 0. The number of hydrogen-bond acceptors (Lipinski definition) is 2. The lowest BCUT2D eigenvalue weighted by atomic mass is 10.1. The van der Waals surface area contributed by atoms with Crippen molar-refractivity contribution in [3.8, 4) is 11.5 Å². The first-order chi connectivity index (χ1) is 8.28. The van der Waals surface area contributed by atoms with Crippen LogP contribution >= 0.6 is 15.9 Å². The minimum Gasteiger partial charge on any atom is -0.508 e.